The fourth-order valence-corrected chi connectivity index (χ4v) is 3.04. The molecule has 1 aliphatic rings. The zero-order valence-electron chi connectivity index (χ0n) is 10.7. The van der Waals surface area contributed by atoms with Gasteiger partial charge in [-0.15, -0.1) is 0 Å². The fraction of sp³-hybridized carbons (Fsp3) is 1.00. The fourth-order valence-electron chi connectivity index (χ4n) is 1.52. The van der Waals surface area contributed by atoms with Crippen LogP contribution in [0.5, 0.6) is 0 Å². The second-order valence-electron chi connectivity index (χ2n) is 4.81. The molecule has 0 spiro atoms. The Labute approximate surface area is 99.5 Å². The first-order valence-electron chi connectivity index (χ1n) is 6.09. The van der Waals surface area contributed by atoms with E-state index in [-0.39, 0.29) is 11.3 Å². The van der Waals surface area contributed by atoms with Crippen LogP contribution >= 0.6 is 0 Å². The predicted octanol–water partition coefficient (Wildman–Crippen LogP) is 1.19. The summed E-state index contributed by atoms with van der Waals surface area (Å²) in [6, 6.07) is 0.639. The Hall–Kier alpha value is -0.130. The quantitative estimate of drug-likeness (QED) is 0.736. The van der Waals surface area contributed by atoms with Crippen molar-refractivity contribution in [3.63, 3.8) is 0 Å². The summed E-state index contributed by atoms with van der Waals surface area (Å²) in [4.78, 5) is 0. The maximum absolute atomic E-state index is 12.1. The molecule has 1 rings (SSSR count). The molecule has 16 heavy (non-hydrogen) atoms. The van der Waals surface area contributed by atoms with Gasteiger partial charge in [-0.3, -0.25) is 0 Å². The molecule has 0 amide bonds. The van der Waals surface area contributed by atoms with Crippen LogP contribution in [0.25, 0.3) is 0 Å². The minimum atomic E-state index is -3.15. The number of sulfonamides is 1. The van der Waals surface area contributed by atoms with E-state index in [1.54, 1.807) is 14.0 Å². The van der Waals surface area contributed by atoms with E-state index in [1.165, 1.54) is 17.1 Å². The highest BCUT2D eigenvalue weighted by Crippen LogP contribution is 2.19. The van der Waals surface area contributed by atoms with Gasteiger partial charge in [-0.05, 0) is 33.1 Å². The SMILES string of the molecule is CCC(C)N(C)S(=O)(=O)C(C)CNC1CC1. The highest BCUT2D eigenvalue weighted by molar-refractivity contribution is 7.89. The molecule has 0 aliphatic heterocycles. The van der Waals surface area contributed by atoms with E-state index in [0.29, 0.717) is 12.6 Å². The lowest BCUT2D eigenvalue weighted by molar-refractivity contribution is 0.374. The molecule has 1 saturated carbocycles. The molecule has 1 aliphatic carbocycles. The van der Waals surface area contributed by atoms with E-state index in [9.17, 15) is 8.42 Å². The van der Waals surface area contributed by atoms with Crippen molar-refractivity contribution in [1.29, 1.82) is 0 Å². The Morgan fingerprint density at radius 2 is 1.94 bits per heavy atom. The van der Waals surface area contributed by atoms with Crippen LogP contribution < -0.4 is 5.32 Å². The van der Waals surface area contributed by atoms with Gasteiger partial charge in [0.2, 0.25) is 10.0 Å². The highest BCUT2D eigenvalue weighted by atomic mass is 32.2. The van der Waals surface area contributed by atoms with Crippen LogP contribution in [-0.4, -0.2) is 43.6 Å². The van der Waals surface area contributed by atoms with Crippen LogP contribution in [0.15, 0.2) is 0 Å². The first-order valence-corrected chi connectivity index (χ1v) is 7.60. The summed E-state index contributed by atoms with van der Waals surface area (Å²) in [5.74, 6) is 0. The van der Waals surface area contributed by atoms with Gasteiger partial charge in [0.15, 0.2) is 0 Å². The third kappa shape index (κ3) is 3.43. The topological polar surface area (TPSA) is 49.4 Å². The van der Waals surface area contributed by atoms with Crippen molar-refractivity contribution in [3.05, 3.63) is 0 Å². The number of rotatable bonds is 7. The molecule has 96 valence electrons. The first-order chi connectivity index (χ1) is 7.39. The standard InChI is InChI=1S/C11H24N2O2S/c1-5-9(2)13(4)16(14,15)10(3)8-12-11-6-7-11/h9-12H,5-8H2,1-4H3. The molecule has 0 aromatic heterocycles. The van der Waals surface area contributed by atoms with Gasteiger partial charge in [0, 0.05) is 25.7 Å². The lowest BCUT2D eigenvalue weighted by Crippen LogP contribution is -2.44. The molecular weight excluding hydrogens is 224 g/mol. The monoisotopic (exact) mass is 248 g/mol. The van der Waals surface area contributed by atoms with Crippen LogP contribution in [0.2, 0.25) is 0 Å². The van der Waals surface area contributed by atoms with Crippen LogP contribution in [-0.2, 0) is 10.0 Å². The Bertz CT molecular complexity index is 312. The van der Waals surface area contributed by atoms with Crippen LogP contribution in [0.4, 0.5) is 0 Å². The minimum absolute atomic E-state index is 0.0772. The van der Waals surface area contributed by atoms with Gasteiger partial charge in [0.05, 0.1) is 5.25 Å². The summed E-state index contributed by atoms with van der Waals surface area (Å²) in [7, 11) is -1.47. The Balaban J connectivity index is 2.52. The van der Waals surface area contributed by atoms with Crippen LogP contribution in [0, 0.1) is 0 Å². The highest BCUT2D eigenvalue weighted by Gasteiger charge is 2.30. The Kier molecular flexibility index (Phi) is 4.76. The molecule has 0 aromatic carbocycles. The third-order valence-electron chi connectivity index (χ3n) is 3.39. The summed E-state index contributed by atoms with van der Waals surface area (Å²) >= 11 is 0. The van der Waals surface area contributed by atoms with Gasteiger partial charge in [0.25, 0.3) is 0 Å². The Morgan fingerprint density at radius 1 is 1.38 bits per heavy atom. The minimum Gasteiger partial charge on any atom is -0.313 e. The average Bonchev–Trinajstić information content (AvgIpc) is 3.07. The van der Waals surface area contributed by atoms with Gasteiger partial charge in [-0.2, -0.15) is 0 Å². The van der Waals surface area contributed by atoms with Crippen molar-refractivity contribution in [3.8, 4) is 0 Å². The molecule has 0 heterocycles. The lowest BCUT2D eigenvalue weighted by Gasteiger charge is -2.26. The predicted molar refractivity (Wildman–Crippen MR) is 66.9 cm³/mol. The number of hydrogen-bond acceptors (Lipinski definition) is 3. The second-order valence-corrected chi connectivity index (χ2v) is 7.22. The van der Waals surface area contributed by atoms with E-state index >= 15 is 0 Å². The molecule has 0 radical (unpaired) electrons. The number of nitrogens with zero attached hydrogens (tertiary/aromatic N) is 1. The third-order valence-corrected chi connectivity index (χ3v) is 5.74. The first kappa shape index (κ1) is 13.9. The van der Waals surface area contributed by atoms with Crippen molar-refractivity contribution in [2.24, 2.45) is 0 Å². The van der Waals surface area contributed by atoms with E-state index in [0.717, 1.165) is 6.42 Å². The molecule has 0 bridgehead atoms. The molecule has 0 saturated heterocycles. The molecule has 2 atom stereocenters. The van der Waals surface area contributed by atoms with Gasteiger partial charge in [0.1, 0.15) is 0 Å². The molecule has 1 fully saturated rings. The van der Waals surface area contributed by atoms with E-state index < -0.39 is 10.0 Å². The van der Waals surface area contributed by atoms with Gasteiger partial charge < -0.3 is 5.32 Å². The van der Waals surface area contributed by atoms with Crippen molar-refractivity contribution >= 4 is 10.0 Å². The summed E-state index contributed by atoms with van der Waals surface area (Å²) in [5, 5.41) is 2.93. The van der Waals surface area contributed by atoms with Crippen molar-refractivity contribution in [1.82, 2.24) is 9.62 Å². The number of hydrogen-bond donors (Lipinski definition) is 1. The maximum atomic E-state index is 12.1. The smallest absolute Gasteiger partial charge is 0.217 e. The second kappa shape index (κ2) is 5.47. The lowest BCUT2D eigenvalue weighted by atomic mass is 10.3. The molecular formula is C11H24N2O2S. The molecule has 0 aromatic rings. The zero-order chi connectivity index (χ0) is 12.3. The average molecular weight is 248 g/mol. The molecule has 2 unspecified atom stereocenters. The molecule has 4 nitrogen and oxygen atoms in total. The van der Waals surface area contributed by atoms with E-state index in [4.69, 9.17) is 0 Å². The summed E-state index contributed by atoms with van der Waals surface area (Å²) in [6.45, 7) is 6.29. The van der Waals surface area contributed by atoms with E-state index in [1.807, 2.05) is 13.8 Å². The normalized spacial score (nSPS) is 21.1. The van der Waals surface area contributed by atoms with Gasteiger partial charge in [-0.1, -0.05) is 6.92 Å². The summed E-state index contributed by atoms with van der Waals surface area (Å²) < 4.78 is 25.8. The van der Waals surface area contributed by atoms with Crippen LogP contribution in [0.1, 0.15) is 40.0 Å². The van der Waals surface area contributed by atoms with Crippen molar-refractivity contribution in [2.75, 3.05) is 13.6 Å². The van der Waals surface area contributed by atoms with Crippen molar-refractivity contribution in [2.45, 2.75) is 57.4 Å². The zero-order valence-corrected chi connectivity index (χ0v) is 11.5. The van der Waals surface area contributed by atoms with E-state index in [2.05, 4.69) is 5.32 Å². The molecule has 5 heteroatoms. The Morgan fingerprint density at radius 3 is 2.38 bits per heavy atom. The van der Waals surface area contributed by atoms with Gasteiger partial charge in [-0.25, -0.2) is 12.7 Å². The largest absolute Gasteiger partial charge is 0.313 e. The number of nitrogens with one attached hydrogen (secondary N) is 1. The van der Waals surface area contributed by atoms with Gasteiger partial charge >= 0.3 is 0 Å². The summed E-state index contributed by atoms with van der Waals surface area (Å²) in [5.41, 5.74) is 0. The van der Waals surface area contributed by atoms with Crippen LogP contribution in [0.3, 0.4) is 0 Å². The molecule has 1 N–H and O–H groups in total. The summed E-state index contributed by atoms with van der Waals surface area (Å²) in [6.07, 6.45) is 3.22. The maximum Gasteiger partial charge on any atom is 0.217 e. The van der Waals surface area contributed by atoms with Crippen molar-refractivity contribution < 1.29 is 8.42 Å².